The third-order valence-electron chi connectivity index (χ3n) is 2.45. The second-order valence-electron chi connectivity index (χ2n) is 3.71. The number of carbonyl (C=O) groups excluding carboxylic acids is 1. The number of aromatic nitrogens is 1. The third-order valence-corrected chi connectivity index (χ3v) is 2.45. The van der Waals surface area contributed by atoms with E-state index >= 15 is 0 Å². The fourth-order valence-electron chi connectivity index (χ4n) is 1.50. The summed E-state index contributed by atoms with van der Waals surface area (Å²) in [6.45, 7) is 1.93. The number of nitrogens with two attached hydrogens (primary N) is 1. The van der Waals surface area contributed by atoms with Crippen LogP contribution >= 0.6 is 0 Å². The van der Waals surface area contributed by atoms with E-state index in [0.29, 0.717) is 5.69 Å². The lowest BCUT2D eigenvalue weighted by molar-refractivity contribution is 0.102. The lowest BCUT2D eigenvalue weighted by Crippen LogP contribution is -2.16. The quantitative estimate of drug-likeness (QED) is 0.826. The Labute approximate surface area is 99.5 Å². The lowest BCUT2D eigenvalue weighted by Gasteiger charge is -2.08. The van der Waals surface area contributed by atoms with E-state index in [1.807, 2.05) is 31.2 Å². The predicted octanol–water partition coefficient (Wildman–Crippen LogP) is 2.22. The molecule has 86 valence electrons. The van der Waals surface area contributed by atoms with Crippen LogP contribution < -0.4 is 11.1 Å². The number of aryl methyl sites for hydroxylation is 1. The van der Waals surface area contributed by atoms with Crippen LogP contribution in [0.5, 0.6) is 0 Å². The molecule has 0 aliphatic rings. The number of hydrogen-bond donors (Lipinski definition) is 2. The first kappa shape index (κ1) is 11.1. The topological polar surface area (TPSA) is 68.0 Å². The lowest BCUT2D eigenvalue weighted by atomic mass is 10.2. The molecule has 0 aliphatic carbocycles. The van der Waals surface area contributed by atoms with Gasteiger partial charge in [0.25, 0.3) is 5.91 Å². The van der Waals surface area contributed by atoms with Gasteiger partial charge in [-0.3, -0.25) is 4.79 Å². The van der Waals surface area contributed by atoms with Gasteiger partial charge in [0.05, 0.1) is 5.69 Å². The van der Waals surface area contributed by atoms with E-state index in [-0.39, 0.29) is 11.6 Å². The number of rotatable bonds is 2. The Morgan fingerprint density at radius 3 is 2.71 bits per heavy atom. The number of nitrogens with one attached hydrogen (secondary N) is 1. The molecule has 3 N–H and O–H groups in total. The number of anilines is 2. The van der Waals surface area contributed by atoms with Gasteiger partial charge in [0.15, 0.2) is 5.69 Å². The van der Waals surface area contributed by atoms with E-state index in [9.17, 15) is 4.79 Å². The Morgan fingerprint density at radius 2 is 2.00 bits per heavy atom. The van der Waals surface area contributed by atoms with Gasteiger partial charge >= 0.3 is 0 Å². The molecule has 1 heterocycles. The molecule has 0 spiro atoms. The molecular formula is C13H13N3O. The Kier molecular flexibility index (Phi) is 3.05. The fraction of sp³-hybridized carbons (Fsp3) is 0.0769. The summed E-state index contributed by atoms with van der Waals surface area (Å²) >= 11 is 0. The zero-order valence-corrected chi connectivity index (χ0v) is 9.47. The van der Waals surface area contributed by atoms with Crippen LogP contribution in [-0.4, -0.2) is 10.9 Å². The molecule has 4 heteroatoms. The smallest absolute Gasteiger partial charge is 0.276 e. The zero-order valence-electron chi connectivity index (χ0n) is 9.47. The maximum atomic E-state index is 11.9. The first-order valence-electron chi connectivity index (χ1n) is 5.26. The van der Waals surface area contributed by atoms with E-state index in [1.165, 1.54) is 0 Å². The number of pyridine rings is 1. The highest BCUT2D eigenvalue weighted by Gasteiger charge is 2.11. The Hall–Kier alpha value is -2.36. The summed E-state index contributed by atoms with van der Waals surface area (Å²) < 4.78 is 0. The Balaban J connectivity index is 2.24. The number of benzene rings is 1. The second kappa shape index (κ2) is 4.65. The summed E-state index contributed by atoms with van der Waals surface area (Å²) in [5, 5.41) is 2.79. The average Bonchev–Trinajstić information content (AvgIpc) is 2.32. The van der Waals surface area contributed by atoms with Crippen LogP contribution in [-0.2, 0) is 0 Å². The largest absolute Gasteiger partial charge is 0.397 e. The first-order valence-corrected chi connectivity index (χ1v) is 5.26. The molecular weight excluding hydrogens is 214 g/mol. The average molecular weight is 227 g/mol. The molecule has 2 aromatic rings. The van der Waals surface area contributed by atoms with Crippen LogP contribution in [0.4, 0.5) is 11.4 Å². The van der Waals surface area contributed by atoms with Crippen molar-refractivity contribution >= 4 is 17.3 Å². The van der Waals surface area contributed by atoms with Crippen molar-refractivity contribution in [1.29, 1.82) is 0 Å². The molecule has 17 heavy (non-hydrogen) atoms. The minimum absolute atomic E-state index is 0.246. The summed E-state index contributed by atoms with van der Waals surface area (Å²) in [6, 6.07) is 10.9. The summed E-state index contributed by atoms with van der Waals surface area (Å²) in [4.78, 5) is 15.9. The first-order chi connectivity index (χ1) is 8.18. The van der Waals surface area contributed by atoms with Gasteiger partial charge in [0, 0.05) is 11.9 Å². The van der Waals surface area contributed by atoms with Gasteiger partial charge in [-0.25, -0.2) is 4.98 Å². The maximum Gasteiger partial charge on any atom is 0.276 e. The monoisotopic (exact) mass is 227 g/mol. The highest BCUT2D eigenvalue weighted by Crippen LogP contribution is 2.15. The molecule has 0 bridgehead atoms. The van der Waals surface area contributed by atoms with Crippen LogP contribution in [0.25, 0.3) is 0 Å². The number of nitrogen functional groups attached to an aromatic ring is 1. The van der Waals surface area contributed by atoms with Crippen LogP contribution in [0.2, 0.25) is 0 Å². The van der Waals surface area contributed by atoms with Crippen molar-refractivity contribution in [3.05, 3.63) is 53.9 Å². The molecule has 4 nitrogen and oxygen atoms in total. The SMILES string of the molecule is Cc1ccccc1NC(=O)c1ncccc1N. The van der Waals surface area contributed by atoms with E-state index in [4.69, 9.17) is 5.73 Å². The summed E-state index contributed by atoms with van der Waals surface area (Å²) in [6.07, 6.45) is 1.54. The number of carbonyl (C=O) groups is 1. The van der Waals surface area contributed by atoms with Gasteiger partial charge < -0.3 is 11.1 Å². The number of para-hydroxylation sites is 1. The maximum absolute atomic E-state index is 11.9. The van der Waals surface area contributed by atoms with Crippen molar-refractivity contribution in [1.82, 2.24) is 4.98 Å². The number of amides is 1. The molecule has 0 radical (unpaired) electrons. The molecule has 0 unspecified atom stereocenters. The minimum Gasteiger partial charge on any atom is -0.397 e. The van der Waals surface area contributed by atoms with Crippen LogP contribution in [0.1, 0.15) is 16.1 Å². The van der Waals surface area contributed by atoms with Crippen LogP contribution in [0, 0.1) is 6.92 Å². The number of hydrogen-bond acceptors (Lipinski definition) is 3. The molecule has 2 rings (SSSR count). The van der Waals surface area contributed by atoms with E-state index in [2.05, 4.69) is 10.3 Å². The Morgan fingerprint density at radius 1 is 1.24 bits per heavy atom. The van der Waals surface area contributed by atoms with Crippen LogP contribution in [0.3, 0.4) is 0 Å². The minimum atomic E-state index is -0.294. The second-order valence-corrected chi connectivity index (χ2v) is 3.71. The summed E-state index contributed by atoms with van der Waals surface area (Å²) in [5.74, 6) is -0.294. The normalized spacial score (nSPS) is 9.94. The molecule has 1 aromatic carbocycles. The molecule has 1 aromatic heterocycles. The van der Waals surface area contributed by atoms with Crippen molar-refractivity contribution in [2.75, 3.05) is 11.1 Å². The fourth-order valence-corrected chi connectivity index (χ4v) is 1.50. The van der Waals surface area contributed by atoms with Crippen molar-refractivity contribution in [3.63, 3.8) is 0 Å². The molecule has 1 amide bonds. The van der Waals surface area contributed by atoms with E-state index < -0.39 is 0 Å². The summed E-state index contributed by atoms with van der Waals surface area (Å²) in [5.41, 5.74) is 8.07. The van der Waals surface area contributed by atoms with Gasteiger partial charge in [0.1, 0.15) is 0 Å². The standard InChI is InChI=1S/C13H13N3O/c1-9-5-2-3-7-11(9)16-13(17)12-10(14)6-4-8-15-12/h2-8H,14H2,1H3,(H,16,17). The number of nitrogens with zero attached hydrogens (tertiary/aromatic N) is 1. The van der Waals surface area contributed by atoms with Gasteiger partial charge in [-0.2, -0.15) is 0 Å². The van der Waals surface area contributed by atoms with Gasteiger partial charge in [-0.15, -0.1) is 0 Å². The van der Waals surface area contributed by atoms with Gasteiger partial charge in [-0.05, 0) is 30.7 Å². The van der Waals surface area contributed by atoms with Gasteiger partial charge in [0.2, 0.25) is 0 Å². The molecule has 0 atom stereocenters. The third kappa shape index (κ3) is 2.42. The van der Waals surface area contributed by atoms with Crippen molar-refractivity contribution in [3.8, 4) is 0 Å². The predicted molar refractivity (Wildman–Crippen MR) is 67.8 cm³/mol. The van der Waals surface area contributed by atoms with E-state index in [0.717, 1.165) is 11.3 Å². The summed E-state index contributed by atoms with van der Waals surface area (Å²) in [7, 11) is 0. The molecule has 0 fully saturated rings. The van der Waals surface area contributed by atoms with Gasteiger partial charge in [-0.1, -0.05) is 18.2 Å². The van der Waals surface area contributed by atoms with Crippen LogP contribution in [0.15, 0.2) is 42.6 Å². The highest BCUT2D eigenvalue weighted by atomic mass is 16.1. The molecule has 0 saturated carbocycles. The van der Waals surface area contributed by atoms with E-state index in [1.54, 1.807) is 18.3 Å². The highest BCUT2D eigenvalue weighted by molar-refractivity contribution is 6.06. The zero-order chi connectivity index (χ0) is 12.3. The molecule has 0 saturated heterocycles. The van der Waals surface area contributed by atoms with Crippen molar-refractivity contribution in [2.24, 2.45) is 0 Å². The van der Waals surface area contributed by atoms with Crippen molar-refractivity contribution < 1.29 is 4.79 Å². The Bertz CT molecular complexity index is 552. The van der Waals surface area contributed by atoms with Crippen molar-refractivity contribution in [2.45, 2.75) is 6.92 Å². The molecule has 0 aliphatic heterocycles.